The zero-order valence-electron chi connectivity index (χ0n) is 8.69. The SMILES string of the molecule is COc1ccccc1[C@]1(C)C=CC(=O)O1. The second-order valence-corrected chi connectivity index (χ2v) is 3.56. The third kappa shape index (κ3) is 1.61. The highest BCUT2D eigenvalue weighted by atomic mass is 16.6. The summed E-state index contributed by atoms with van der Waals surface area (Å²) < 4.78 is 10.5. The molecule has 1 aliphatic heterocycles. The number of hydrogen-bond donors (Lipinski definition) is 0. The van der Waals surface area contributed by atoms with Crippen LogP contribution in [0.2, 0.25) is 0 Å². The Hall–Kier alpha value is -1.77. The van der Waals surface area contributed by atoms with Crippen molar-refractivity contribution in [1.82, 2.24) is 0 Å². The first-order valence-corrected chi connectivity index (χ1v) is 4.71. The quantitative estimate of drug-likeness (QED) is 0.691. The van der Waals surface area contributed by atoms with E-state index in [2.05, 4.69) is 0 Å². The molecular weight excluding hydrogens is 192 g/mol. The standard InChI is InChI=1S/C12H12O3/c1-12(8-7-11(13)15-12)9-5-3-4-6-10(9)14-2/h3-8H,1-2H3/t12-/m0/s1. The molecule has 3 nitrogen and oxygen atoms in total. The minimum atomic E-state index is -0.705. The van der Waals surface area contributed by atoms with Crippen LogP contribution in [-0.4, -0.2) is 13.1 Å². The van der Waals surface area contributed by atoms with Crippen molar-refractivity contribution in [3.8, 4) is 5.75 Å². The summed E-state index contributed by atoms with van der Waals surface area (Å²) in [5.41, 5.74) is 0.151. The molecule has 0 radical (unpaired) electrons. The van der Waals surface area contributed by atoms with Gasteiger partial charge >= 0.3 is 5.97 Å². The van der Waals surface area contributed by atoms with Crippen LogP contribution in [0.15, 0.2) is 36.4 Å². The fourth-order valence-electron chi connectivity index (χ4n) is 1.70. The molecule has 1 aromatic rings. The molecule has 0 aromatic heterocycles. The maximum absolute atomic E-state index is 11.1. The molecule has 0 N–H and O–H groups in total. The summed E-state index contributed by atoms with van der Waals surface area (Å²) in [7, 11) is 1.60. The number of benzene rings is 1. The molecule has 2 rings (SSSR count). The van der Waals surface area contributed by atoms with Crippen LogP contribution in [0.5, 0.6) is 5.75 Å². The van der Waals surface area contributed by atoms with Crippen molar-refractivity contribution >= 4 is 5.97 Å². The molecule has 0 spiro atoms. The predicted octanol–water partition coefficient (Wildman–Crippen LogP) is 2.02. The van der Waals surface area contributed by atoms with E-state index in [1.54, 1.807) is 13.2 Å². The number of ether oxygens (including phenoxy) is 2. The Morgan fingerprint density at radius 1 is 1.33 bits per heavy atom. The van der Waals surface area contributed by atoms with Gasteiger partial charge in [0, 0.05) is 11.6 Å². The first kappa shape index (κ1) is 9.77. The molecule has 0 saturated carbocycles. The second kappa shape index (κ2) is 3.42. The number of cyclic esters (lactones) is 1. The Morgan fingerprint density at radius 2 is 2.07 bits per heavy atom. The third-order valence-electron chi connectivity index (χ3n) is 2.49. The highest BCUT2D eigenvalue weighted by Crippen LogP contribution is 2.36. The van der Waals surface area contributed by atoms with Gasteiger partial charge in [-0.25, -0.2) is 4.79 Å². The molecule has 1 heterocycles. The van der Waals surface area contributed by atoms with Gasteiger partial charge in [0.2, 0.25) is 0 Å². The van der Waals surface area contributed by atoms with Gasteiger partial charge in [-0.05, 0) is 19.1 Å². The number of hydrogen-bond acceptors (Lipinski definition) is 3. The first-order valence-electron chi connectivity index (χ1n) is 4.71. The molecule has 3 heteroatoms. The molecule has 0 unspecified atom stereocenters. The molecule has 0 fully saturated rings. The summed E-state index contributed by atoms with van der Waals surface area (Å²) in [6.45, 7) is 1.84. The van der Waals surface area contributed by atoms with E-state index in [1.165, 1.54) is 6.08 Å². The number of para-hydroxylation sites is 1. The maximum atomic E-state index is 11.1. The molecule has 15 heavy (non-hydrogen) atoms. The Morgan fingerprint density at radius 3 is 2.67 bits per heavy atom. The number of carbonyl (C=O) groups is 1. The number of carbonyl (C=O) groups excluding carboxylic acids is 1. The number of methoxy groups -OCH3 is 1. The van der Waals surface area contributed by atoms with Gasteiger partial charge in [0.05, 0.1) is 7.11 Å². The molecule has 0 bridgehead atoms. The fourth-order valence-corrected chi connectivity index (χ4v) is 1.70. The van der Waals surface area contributed by atoms with Crippen LogP contribution in [0.1, 0.15) is 12.5 Å². The van der Waals surface area contributed by atoms with E-state index in [-0.39, 0.29) is 5.97 Å². The van der Waals surface area contributed by atoms with Crippen molar-refractivity contribution in [1.29, 1.82) is 0 Å². The number of esters is 1. The smallest absolute Gasteiger partial charge is 0.331 e. The Kier molecular flexibility index (Phi) is 2.23. The lowest BCUT2D eigenvalue weighted by atomic mass is 9.95. The minimum Gasteiger partial charge on any atom is -0.496 e. The third-order valence-corrected chi connectivity index (χ3v) is 2.49. The lowest BCUT2D eigenvalue weighted by molar-refractivity contribution is -0.145. The highest BCUT2D eigenvalue weighted by Gasteiger charge is 2.34. The molecular formula is C12H12O3. The van der Waals surface area contributed by atoms with Crippen molar-refractivity contribution in [2.75, 3.05) is 7.11 Å². The summed E-state index contributed by atoms with van der Waals surface area (Å²) >= 11 is 0. The molecule has 0 saturated heterocycles. The summed E-state index contributed by atoms with van der Waals surface area (Å²) in [5.74, 6) is 0.405. The van der Waals surface area contributed by atoms with Gasteiger partial charge in [-0.2, -0.15) is 0 Å². The van der Waals surface area contributed by atoms with E-state index in [4.69, 9.17) is 9.47 Å². The van der Waals surface area contributed by atoms with Crippen LogP contribution in [0.4, 0.5) is 0 Å². The number of rotatable bonds is 2. The summed E-state index contributed by atoms with van der Waals surface area (Å²) in [5, 5.41) is 0. The molecule has 0 aliphatic carbocycles. The predicted molar refractivity (Wildman–Crippen MR) is 55.6 cm³/mol. The fraction of sp³-hybridized carbons (Fsp3) is 0.250. The zero-order chi connectivity index (χ0) is 10.9. The monoisotopic (exact) mass is 204 g/mol. The topological polar surface area (TPSA) is 35.5 Å². The summed E-state index contributed by atoms with van der Waals surface area (Å²) in [6, 6.07) is 7.51. The van der Waals surface area contributed by atoms with E-state index in [0.717, 1.165) is 11.3 Å². The first-order chi connectivity index (χ1) is 7.15. The summed E-state index contributed by atoms with van der Waals surface area (Å²) in [4.78, 5) is 11.1. The van der Waals surface area contributed by atoms with E-state index in [0.29, 0.717) is 0 Å². The lowest BCUT2D eigenvalue weighted by Crippen LogP contribution is -2.21. The second-order valence-electron chi connectivity index (χ2n) is 3.56. The van der Waals surface area contributed by atoms with Crippen LogP contribution in [0.25, 0.3) is 0 Å². The van der Waals surface area contributed by atoms with Crippen molar-refractivity contribution in [2.24, 2.45) is 0 Å². The average molecular weight is 204 g/mol. The van der Waals surface area contributed by atoms with Gasteiger partial charge in [0.1, 0.15) is 5.75 Å². The Labute approximate surface area is 88.3 Å². The van der Waals surface area contributed by atoms with Crippen molar-refractivity contribution in [2.45, 2.75) is 12.5 Å². The molecule has 1 atom stereocenters. The van der Waals surface area contributed by atoms with Gasteiger partial charge < -0.3 is 9.47 Å². The van der Waals surface area contributed by atoms with E-state index in [9.17, 15) is 4.79 Å². The van der Waals surface area contributed by atoms with Gasteiger partial charge in [-0.3, -0.25) is 0 Å². The van der Waals surface area contributed by atoms with Crippen molar-refractivity contribution in [3.63, 3.8) is 0 Å². The van der Waals surface area contributed by atoms with Gasteiger partial charge in [0.15, 0.2) is 5.60 Å². The molecule has 1 aromatic carbocycles. The van der Waals surface area contributed by atoms with Crippen LogP contribution >= 0.6 is 0 Å². The zero-order valence-corrected chi connectivity index (χ0v) is 8.69. The van der Waals surface area contributed by atoms with Crippen LogP contribution in [0, 0.1) is 0 Å². The van der Waals surface area contributed by atoms with Crippen LogP contribution < -0.4 is 4.74 Å². The van der Waals surface area contributed by atoms with Crippen LogP contribution in [-0.2, 0) is 15.1 Å². The van der Waals surface area contributed by atoms with Gasteiger partial charge in [-0.15, -0.1) is 0 Å². The largest absolute Gasteiger partial charge is 0.496 e. The molecule has 78 valence electrons. The van der Waals surface area contributed by atoms with Gasteiger partial charge in [-0.1, -0.05) is 18.2 Å². The summed E-state index contributed by atoms with van der Waals surface area (Å²) in [6.07, 6.45) is 3.18. The lowest BCUT2D eigenvalue weighted by Gasteiger charge is -2.23. The van der Waals surface area contributed by atoms with Crippen molar-refractivity contribution < 1.29 is 14.3 Å². The van der Waals surface area contributed by atoms with Crippen molar-refractivity contribution in [3.05, 3.63) is 42.0 Å². The Balaban J connectivity index is 2.45. The minimum absolute atomic E-state index is 0.316. The maximum Gasteiger partial charge on any atom is 0.331 e. The van der Waals surface area contributed by atoms with E-state index >= 15 is 0 Å². The van der Waals surface area contributed by atoms with Gasteiger partial charge in [0.25, 0.3) is 0 Å². The average Bonchev–Trinajstić information content (AvgIpc) is 2.60. The van der Waals surface area contributed by atoms with Crippen LogP contribution in [0.3, 0.4) is 0 Å². The van der Waals surface area contributed by atoms with E-state index < -0.39 is 5.60 Å². The normalized spacial score (nSPS) is 24.0. The highest BCUT2D eigenvalue weighted by molar-refractivity contribution is 5.85. The van der Waals surface area contributed by atoms with E-state index in [1.807, 2.05) is 31.2 Å². The molecule has 0 amide bonds. The molecule has 1 aliphatic rings. The Bertz CT molecular complexity index is 423.